The van der Waals surface area contributed by atoms with Crippen LogP contribution in [0, 0.1) is 6.07 Å². The lowest BCUT2D eigenvalue weighted by molar-refractivity contribution is 0.180. The molecule has 1 aromatic carbocycles. The van der Waals surface area contributed by atoms with Crippen LogP contribution in [-0.2, 0) is 0 Å². The first kappa shape index (κ1) is 12.2. The number of rotatable bonds is 5. The summed E-state index contributed by atoms with van der Waals surface area (Å²) in [7, 11) is 1.65. The highest BCUT2D eigenvalue weighted by Gasteiger charge is 2.10. The van der Waals surface area contributed by atoms with Gasteiger partial charge in [-0.3, -0.25) is 4.90 Å². The minimum absolute atomic E-state index is 0.723. The first-order valence-electron chi connectivity index (χ1n) is 6.29. The van der Waals surface area contributed by atoms with Crippen molar-refractivity contribution in [1.29, 1.82) is 0 Å². The maximum absolute atomic E-state index is 5.74. The summed E-state index contributed by atoms with van der Waals surface area (Å²) in [4.78, 5) is 2.46. The Hall–Kier alpha value is -1.22. The number of ether oxygens (including phenoxy) is 2. The van der Waals surface area contributed by atoms with Crippen molar-refractivity contribution >= 4 is 0 Å². The average Bonchev–Trinajstić information content (AvgIpc) is 2.40. The second-order valence-electron chi connectivity index (χ2n) is 4.33. The topological polar surface area (TPSA) is 21.7 Å². The van der Waals surface area contributed by atoms with Crippen LogP contribution in [0.25, 0.3) is 0 Å². The quantitative estimate of drug-likeness (QED) is 0.780. The van der Waals surface area contributed by atoms with Crippen LogP contribution in [0.4, 0.5) is 0 Å². The van der Waals surface area contributed by atoms with Crippen molar-refractivity contribution in [2.75, 3.05) is 33.4 Å². The zero-order chi connectivity index (χ0) is 11.9. The Labute approximate surface area is 103 Å². The first-order valence-corrected chi connectivity index (χ1v) is 6.29. The highest BCUT2D eigenvalue weighted by Crippen LogP contribution is 2.25. The maximum atomic E-state index is 5.74. The highest BCUT2D eigenvalue weighted by molar-refractivity contribution is 5.38. The summed E-state index contributed by atoms with van der Waals surface area (Å²) in [5.41, 5.74) is 0. The molecule has 0 N–H and O–H groups in total. The van der Waals surface area contributed by atoms with E-state index in [2.05, 4.69) is 11.0 Å². The lowest BCUT2D eigenvalue weighted by Gasteiger charge is -2.26. The van der Waals surface area contributed by atoms with Crippen LogP contribution in [0.5, 0.6) is 11.5 Å². The Balaban J connectivity index is 1.77. The zero-order valence-electron chi connectivity index (χ0n) is 10.4. The van der Waals surface area contributed by atoms with Gasteiger partial charge in [0.25, 0.3) is 0 Å². The van der Waals surface area contributed by atoms with Crippen molar-refractivity contribution < 1.29 is 9.47 Å². The second-order valence-corrected chi connectivity index (χ2v) is 4.33. The van der Waals surface area contributed by atoms with Gasteiger partial charge >= 0.3 is 0 Å². The Morgan fingerprint density at radius 2 is 2.06 bits per heavy atom. The molecule has 93 valence electrons. The van der Waals surface area contributed by atoms with Gasteiger partial charge < -0.3 is 9.47 Å². The molecule has 3 nitrogen and oxygen atoms in total. The molecule has 0 saturated carbocycles. The third kappa shape index (κ3) is 3.63. The molecule has 1 aliphatic heterocycles. The molecule has 2 rings (SSSR count). The fourth-order valence-corrected chi connectivity index (χ4v) is 2.15. The molecular weight excluding hydrogens is 214 g/mol. The molecule has 0 spiro atoms. The Morgan fingerprint density at radius 1 is 1.24 bits per heavy atom. The van der Waals surface area contributed by atoms with E-state index in [1.54, 1.807) is 13.2 Å². The summed E-state index contributed by atoms with van der Waals surface area (Å²) >= 11 is 0. The predicted octanol–water partition coefficient (Wildman–Crippen LogP) is 2.36. The van der Waals surface area contributed by atoms with Crippen LogP contribution < -0.4 is 9.47 Å². The number of hydrogen-bond donors (Lipinski definition) is 0. The van der Waals surface area contributed by atoms with Crippen molar-refractivity contribution in [2.24, 2.45) is 0 Å². The van der Waals surface area contributed by atoms with Crippen LogP contribution in [-0.4, -0.2) is 38.3 Å². The van der Waals surface area contributed by atoms with E-state index in [4.69, 9.17) is 9.47 Å². The van der Waals surface area contributed by atoms with Crippen LogP contribution in [0.1, 0.15) is 19.3 Å². The molecule has 0 aromatic heterocycles. The molecule has 1 heterocycles. The molecule has 0 amide bonds. The molecule has 0 bridgehead atoms. The first-order chi connectivity index (χ1) is 8.40. The molecule has 0 aliphatic carbocycles. The van der Waals surface area contributed by atoms with Gasteiger partial charge in [0.1, 0.15) is 6.61 Å². The standard InChI is InChI=1S/C14H20NO2/c1-16-13-7-3-4-8-14(13)17-12-11-15-9-5-2-6-10-15/h4,7-8H,2,5-6,9-12H2,1H3. The fourth-order valence-electron chi connectivity index (χ4n) is 2.15. The van der Waals surface area contributed by atoms with E-state index in [-0.39, 0.29) is 0 Å². The summed E-state index contributed by atoms with van der Waals surface area (Å²) < 4.78 is 11.0. The van der Waals surface area contributed by atoms with Gasteiger partial charge in [-0.1, -0.05) is 12.5 Å². The number of methoxy groups -OCH3 is 1. The molecule has 3 heteroatoms. The largest absolute Gasteiger partial charge is 0.493 e. The van der Waals surface area contributed by atoms with Crippen LogP contribution in [0.2, 0.25) is 0 Å². The van der Waals surface area contributed by atoms with E-state index in [9.17, 15) is 0 Å². The van der Waals surface area contributed by atoms with E-state index in [1.807, 2.05) is 12.1 Å². The van der Waals surface area contributed by atoms with E-state index < -0.39 is 0 Å². The molecular formula is C14H20NO2. The van der Waals surface area contributed by atoms with Gasteiger partial charge in [-0.25, -0.2) is 0 Å². The summed E-state index contributed by atoms with van der Waals surface area (Å²) in [6.07, 6.45) is 4.02. The molecule has 1 fully saturated rings. The van der Waals surface area contributed by atoms with Gasteiger partial charge in [-0.05, 0) is 44.1 Å². The Kier molecular flexibility index (Phi) is 4.68. The predicted molar refractivity (Wildman–Crippen MR) is 67.6 cm³/mol. The number of hydrogen-bond acceptors (Lipinski definition) is 3. The Morgan fingerprint density at radius 3 is 2.82 bits per heavy atom. The minimum Gasteiger partial charge on any atom is -0.493 e. The molecule has 1 saturated heterocycles. The summed E-state index contributed by atoms with van der Waals surface area (Å²) in [5, 5.41) is 0. The monoisotopic (exact) mass is 234 g/mol. The van der Waals surface area contributed by atoms with Crippen LogP contribution >= 0.6 is 0 Å². The summed E-state index contributed by atoms with van der Waals surface area (Å²) in [5.74, 6) is 1.56. The normalized spacial score (nSPS) is 16.8. The number of piperidine rings is 1. The number of nitrogens with zero attached hydrogens (tertiary/aromatic N) is 1. The van der Waals surface area contributed by atoms with E-state index >= 15 is 0 Å². The second kappa shape index (κ2) is 6.50. The summed E-state index contributed by atoms with van der Waals surface area (Å²) in [6, 6.07) is 8.52. The Bertz CT molecular complexity index is 335. The number of likely N-dealkylation sites (tertiary alicyclic amines) is 1. The minimum atomic E-state index is 0.723. The zero-order valence-corrected chi connectivity index (χ0v) is 10.4. The molecule has 0 unspecified atom stereocenters. The van der Waals surface area contributed by atoms with Gasteiger partial charge in [0.05, 0.1) is 7.11 Å². The van der Waals surface area contributed by atoms with Crippen LogP contribution in [0.15, 0.2) is 18.2 Å². The third-order valence-corrected chi connectivity index (χ3v) is 3.12. The van der Waals surface area contributed by atoms with Crippen molar-refractivity contribution in [3.8, 4) is 11.5 Å². The van der Waals surface area contributed by atoms with Gasteiger partial charge in [0.2, 0.25) is 0 Å². The van der Waals surface area contributed by atoms with E-state index in [1.165, 1.54) is 32.4 Å². The van der Waals surface area contributed by atoms with Crippen molar-refractivity contribution in [1.82, 2.24) is 4.90 Å². The summed E-state index contributed by atoms with van der Waals surface area (Å²) in [6.45, 7) is 4.15. The SMILES string of the molecule is COc1c[c]ccc1OCCN1CCCCC1. The average molecular weight is 234 g/mol. The molecule has 1 aliphatic rings. The lowest BCUT2D eigenvalue weighted by atomic mass is 10.1. The van der Waals surface area contributed by atoms with E-state index in [0.717, 1.165) is 24.7 Å². The smallest absolute Gasteiger partial charge is 0.161 e. The third-order valence-electron chi connectivity index (χ3n) is 3.12. The van der Waals surface area contributed by atoms with Gasteiger partial charge in [-0.15, -0.1) is 0 Å². The fraction of sp³-hybridized carbons (Fsp3) is 0.571. The lowest BCUT2D eigenvalue weighted by Crippen LogP contribution is -2.33. The van der Waals surface area contributed by atoms with Crippen molar-refractivity contribution in [3.05, 3.63) is 24.3 Å². The van der Waals surface area contributed by atoms with Crippen molar-refractivity contribution in [2.45, 2.75) is 19.3 Å². The van der Waals surface area contributed by atoms with Gasteiger partial charge in [0.15, 0.2) is 11.5 Å². The molecule has 0 atom stereocenters. The molecule has 17 heavy (non-hydrogen) atoms. The van der Waals surface area contributed by atoms with Gasteiger partial charge in [0, 0.05) is 6.54 Å². The van der Waals surface area contributed by atoms with Crippen molar-refractivity contribution in [3.63, 3.8) is 0 Å². The maximum Gasteiger partial charge on any atom is 0.161 e. The molecule has 1 radical (unpaired) electrons. The van der Waals surface area contributed by atoms with E-state index in [0.29, 0.717) is 0 Å². The van der Waals surface area contributed by atoms with Crippen LogP contribution in [0.3, 0.4) is 0 Å². The molecule has 1 aromatic rings. The highest BCUT2D eigenvalue weighted by atomic mass is 16.5. The van der Waals surface area contributed by atoms with Gasteiger partial charge in [-0.2, -0.15) is 0 Å². The number of benzene rings is 1.